The molecule has 0 saturated carbocycles. The molecule has 1 heterocycles. The third-order valence-corrected chi connectivity index (χ3v) is 5.21. The first kappa shape index (κ1) is 18.6. The van der Waals surface area contributed by atoms with Gasteiger partial charge in [-0.15, -0.1) is 0 Å². The average molecular weight is 419 g/mol. The Bertz CT molecular complexity index is 823. The number of aryl methyl sites for hydroxylation is 1. The van der Waals surface area contributed by atoms with Crippen molar-refractivity contribution in [3.63, 3.8) is 0 Å². The van der Waals surface area contributed by atoms with Crippen LogP contribution in [0.5, 0.6) is 0 Å². The lowest BCUT2D eigenvalue weighted by Crippen LogP contribution is -2.37. The lowest BCUT2D eigenvalue weighted by atomic mass is 10.1. The summed E-state index contributed by atoms with van der Waals surface area (Å²) in [6.07, 6.45) is 0.710. The number of amides is 2. The van der Waals surface area contributed by atoms with E-state index in [-0.39, 0.29) is 17.6 Å². The number of hydrogen-bond acceptors (Lipinski definition) is 2. The second kappa shape index (κ2) is 7.99. The molecule has 1 fully saturated rings. The fourth-order valence-electron chi connectivity index (χ4n) is 3.07. The van der Waals surface area contributed by atoms with Gasteiger partial charge in [-0.1, -0.05) is 11.6 Å². The number of carbonyl (C=O) groups excluding carboxylic acids is 2. The predicted octanol–water partition coefficient (Wildman–Crippen LogP) is 3.88. The summed E-state index contributed by atoms with van der Waals surface area (Å²) in [6, 6.07) is 11.3. The Morgan fingerprint density at radius 3 is 2.19 bits per heavy atom. The van der Waals surface area contributed by atoms with Crippen LogP contribution in [0.25, 0.3) is 0 Å². The molecule has 0 bridgehead atoms. The highest BCUT2D eigenvalue weighted by atomic mass is 79.9. The summed E-state index contributed by atoms with van der Waals surface area (Å²) < 4.78 is 13.8. The minimum Gasteiger partial charge on any atom is -0.337 e. The van der Waals surface area contributed by atoms with E-state index in [1.165, 1.54) is 24.3 Å². The minimum absolute atomic E-state index is 0.0309. The van der Waals surface area contributed by atoms with E-state index in [1.54, 1.807) is 9.80 Å². The van der Waals surface area contributed by atoms with Crippen LogP contribution in [0.3, 0.4) is 0 Å². The molecule has 2 aromatic carbocycles. The summed E-state index contributed by atoms with van der Waals surface area (Å²) in [5.74, 6) is -0.523. The van der Waals surface area contributed by atoms with Crippen molar-refractivity contribution in [2.24, 2.45) is 0 Å². The fourth-order valence-corrected chi connectivity index (χ4v) is 3.49. The summed E-state index contributed by atoms with van der Waals surface area (Å²) in [5.41, 5.74) is 2.13. The van der Waals surface area contributed by atoms with E-state index in [1.807, 2.05) is 25.1 Å². The first-order valence-corrected chi connectivity index (χ1v) is 9.35. The molecule has 136 valence electrons. The smallest absolute Gasteiger partial charge is 0.255 e. The molecule has 0 atom stereocenters. The fraction of sp³-hybridized carbons (Fsp3) is 0.300. The van der Waals surface area contributed by atoms with E-state index in [2.05, 4.69) is 15.9 Å². The predicted molar refractivity (Wildman–Crippen MR) is 102 cm³/mol. The summed E-state index contributed by atoms with van der Waals surface area (Å²) in [7, 11) is 0. The normalized spacial score (nSPS) is 14.9. The molecule has 4 nitrogen and oxygen atoms in total. The maximum Gasteiger partial charge on any atom is 0.255 e. The van der Waals surface area contributed by atoms with Gasteiger partial charge in [0.2, 0.25) is 0 Å². The summed E-state index contributed by atoms with van der Waals surface area (Å²) >= 11 is 3.45. The molecule has 0 unspecified atom stereocenters. The molecule has 1 saturated heterocycles. The van der Waals surface area contributed by atoms with Gasteiger partial charge < -0.3 is 9.80 Å². The van der Waals surface area contributed by atoms with Crippen molar-refractivity contribution < 1.29 is 14.0 Å². The van der Waals surface area contributed by atoms with Gasteiger partial charge >= 0.3 is 0 Å². The van der Waals surface area contributed by atoms with E-state index in [0.717, 1.165) is 10.0 Å². The van der Waals surface area contributed by atoms with Crippen LogP contribution in [-0.4, -0.2) is 47.8 Å². The zero-order chi connectivity index (χ0) is 18.7. The Morgan fingerprint density at radius 2 is 1.54 bits per heavy atom. The van der Waals surface area contributed by atoms with Crippen molar-refractivity contribution in [2.45, 2.75) is 13.3 Å². The van der Waals surface area contributed by atoms with Crippen molar-refractivity contribution in [1.29, 1.82) is 0 Å². The molecule has 26 heavy (non-hydrogen) atoms. The van der Waals surface area contributed by atoms with Crippen molar-refractivity contribution in [1.82, 2.24) is 9.80 Å². The molecule has 0 aliphatic carbocycles. The number of nitrogens with zero attached hydrogens (tertiary/aromatic N) is 2. The molecule has 2 amide bonds. The van der Waals surface area contributed by atoms with Gasteiger partial charge in [0, 0.05) is 36.2 Å². The lowest BCUT2D eigenvalue weighted by molar-refractivity contribution is 0.0718. The molecule has 2 aromatic rings. The van der Waals surface area contributed by atoms with Crippen molar-refractivity contribution in [2.75, 3.05) is 26.2 Å². The molecule has 0 aromatic heterocycles. The second-order valence-electron chi connectivity index (χ2n) is 6.43. The zero-order valence-electron chi connectivity index (χ0n) is 14.5. The van der Waals surface area contributed by atoms with E-state index >= 15 is 0 Å². The van der Waals surface area contributed by atoms with Crippen LogP contribution in [0.4, 0.5) is 4.39 Å². The maximum atomic E-state index is 13.0. The van der Waals surface area contributed by atoms with Gasteiger partial charge in [-0.25, -0.2) is 4.39 Å². The Kier molecular flexibility index (Phi) is 5.71. The SMILES string of the molecule is Cc1ccc(Br)c(C(=O)N2CCCN(C(=O)c3ccc(F)cc3)CC2)c1. The van der Waals surface area contributed by atoms with E-state index in [9.17, 15) is 14.0 Å². The maximum absolute atomic E-state index is 13.0. The van der Waals surface area contributed by atoms with Crippen LogP contribution in [0.1, 0.15) is 32.7 Å². The van der Waals surface area contributed by atoms with Crippen molar-refractivity contribution in [3.05, 3.63) is 69.4 Å². The molecule has 0 spiro atoms. The molecule has 0 N–H and O–H groups in total. The van der Waals surface area contributed by atoms with Gasteiger partial charge in [0.1, 0.15) is 5.82 Å². The lowest BCUT2D eigenvalue weighted by Gasteiger charge is -2.23. The van der Waals surface area contributed by atoms with Crippen molar-refractivity contribution >= 4 is 27.7 Å². The highest BCUT2D eigenvalue weighted by Crippen LogP contribution is 2.21. The molecular weight excluding hydrogens is 399 g/mol. The number of halogens is 2. The van der Waals surface area contributed by atoms with Gasteiger partial charge in [0.15, 0.2) is 0 Å². The largest absolute Gasteiger partial charge is 0.337 e. The first-order valence-electron chi connectivity index (χ1n) is 8.56. The van der Waals surface area contributed by atoms with E-state index in [0.29, 0.717) is 43.7 Å². The van der Waals surface area contributed by atoms with Gasteiger partial charge in [-0.3, -0.25) is 9.59 Å². The monoisotopic (exact) mass is 418 g/mol. The average Bonchev–Trinajstić information content (AvgIpc) is 2.89. The van der Waals surface area contributed by atoms with E-state index in [4.69, 9.17) is 0 Å². The van der Waals surface area contributed by atoms with Gasteiger partial charge in [-0.2, -0.15) is 0 Å². The Balaban J connectivity index is 1.70. The second-order valence-corrected chi connectivity index (χ2v) is 7.28. The molecule has 3 rings (SSSR count). The molecular formula is C20H20BrFN2O2. The molecule has 6 heteroatoms. The van der Waals surface area contributed by atoms with Gasteiger partial charge in [-0.05, 0) is 65.7 Å². The highest BCUT2D eigenvalue weighted by Gasteiger charge is 2.24. The molecule has 1 aliphatic heterocycles. The number of benzene rings is 2. The van der Waals surface area contributed by atoms with Crippen LogP contribution in [0.15, 0.2) is 46.9 Å². The zero-order valence-corrected chi connectivity index (χ0v) is 16.1. The van der Waals surface area contributed by atoms with Gasteiger partial charge in [0.25, 0.3) is 11.8 Å². The van der Waals surface area contributed by atoms with Crippen LogP contribution in [-0.2, 0) is 0 Å². The number of rotatable bonds is 2. The third kappa shape index (κ3) is 4.12. The number of carbonyl (C=O) groups is 2. The molecule has 1 aliphatic rings. The van der Waals surface area contributed by atoms with Crippen LogP contribution < -0.4 is 0 Å². The quantitative estimate of drug-likeness (QED) is 0.742. The Labute approximate surface area is 160 Å². The minimum atomic E-state index is -0.363. The van der Waals surface area contributed by atoms with Crippen LogP contribution in [0.2, 0.25) is 0 Å². The summed E-state index contributed by atoms with van der Waals surface area (Å²) in [6.45, 7) is 4.08. The first-order chi connectivity index (χ1) is 12.5. The standard InChI is InChI=1S/C20H20BrFN2O2/c1-14-3-8-18(21)17(13-14)20(26)24-10-2-9-23(11-12-24)19(25)15-4-6-16(22)7-5-15/h3-8,13H,2,9-12H2,1H3. The van der Waals surface area contributed by atoms with Crippen molar-refractivity contribution in [3.8, 4) is 0 Å². The topological polar surface area (TPSA) is 40.6 Å². The Morgan fingerprint density at radius 1 is 0.923 bits per heavy atom. The van der Waals surface area contributed by atoms with Crippen LogP contribution in [0, 0.1) is 12.7 Å². The van der Waals surface area contributed by atoms with Gasteiger partial charge in [0.05, 0.1) is 5.56 Å². The summed E-state index contributed by atoms with van der Waals surface area (Å²) in [5, 5.41) is 0. The molecule has 0 radical (unpaired) electrons. The Hall–Kier alpha value is -2.21. The third-order valence-electron chi connectivity index (χ3n) is 4.51. The highest BCUT2D eigenvalue weighted by molar-refractivity contribution is 9.10. The number of hydrogen-bond donors (Lipinski definition) is 0. The summed E-state index contributed by atoms with van der Waals surface area (Å²) in [4.78, 5) is 29.0. The van der Waals surface area contributed by atoms with E-state index < -0.39 is 0 Å². The van der Waals surface area contributed by atoms with Crippen LogP contribution >= 0.6 is 15.9 Å².